The molecule has 0 unspecified atom stereocenters. The van der Waals surface area contributed by atoms with E-state index in [4.69, 9.17) is 15.0 Å². The molecule has 1 aromatic rings. The molecular formula is C7H14N2O3. The Morgan fingerprint density at radius 3 is 0.917 bits per heavy atom. The molecule has 0 spiro atoms. The number of hydrogen-bond acceptors (Lipinski definition) is 3. The van der Waals surface area contributed by atoms with E-state index in [0.717, 1.165) is 0 Å². The molecule has 0 radical (unpaired) electrons. The summed E-state index contributed by atoms with van der Waals surface area (Å²) < 4.78 is 0. The summed E-state index contributed by atoms with van der Waals surface area (Å²) >= 11 is 0. The van der Waals surface area contributed by atoms with Crippen molar-refractivity contribution in [2.45, 2.75) is 0 Å². The van der Waals surface area contributed by atoms with Crippen molar-refractivity contribution in [3.8, 4) is 0 Å². The second kappa shape index (κ2) is 12.1. The molecule has 12 heavy (non-hydrogen) atoms. The van der Waals surface area contributed by atoms with E-state index in [0.29, 0.717) is 0 Å². The molecule has 8 N–H and O–H groups in total. The van der Waals surface area contributed by atoms with Crippen LogP contribution >= 0.6 is 0 Å². The third kappa shape index (κ3) is 23.7. The highest BCUT2D eigenvalue weighted by Crippen LogP contribution is 1.79. The predicted molar refractivity (Wildman–Crippen MR) is 43.8 cm³/mol. The number of benzene rings is 1. The van der Waals surface area contributed by atoms with Crippen LogP contribution in [-0.2, 0) is 0 Å². The molecule has 0 aliphatic heterocycles. The van der Waals surface area contributed by atoms with E-state index in [1.807, 2.05) is 36.4 Å². The summed E-state index contributed by atoms with van der Waals surface area (Å²) in [5, 5.41) is 16.7. The van der Waals surface area contributed by atoms with Crippen molar-refractivity contribution in [1.82, 2.24) is 12.3 Å². The van der Waals surface area contributed by atoms with Crippen molar-refractivity contribution in [1.29, 1.82) is 0 Å². The quantitative estimate of drug-likeness (QED) is 0.572. The van der Waals surface area contributed by atoms with Gasteiger partial charge in [0.05, 0.1) is 0 Å². The fraction of sp³-hybridized carbons (Fsp3) is 0. The maximum atomic E-state index is 8.33. The summed E-state index contributed by atoms with van der Waals surface area (Å²) in [5.74, 6) is 0. The summed E-state index contributed by atoms with van der Waals surface area (Å²) in [4.78, 5) is 8.33. The lowest BCUT2D eigenvalue weighted by Gasteiger charge is -1.96. The highest BCUT2D eigenvalue weighted by atomic mass is 16.6. The molecule has 0 atom stereocenters. The van der Waals surface area contributed by atoms with E-state index >= 15 is 0 Å². The van der Waals surface area contributed by atoms with Gasteiger partial charge in [0.1, 0.15) is 0 Å². The normalized spacial score (nSPS) is 6.00. The van der Waals surface area contributed by atoms with Crippen LogP contribution < -0.4 is 22.5 Å². The first-order chi connectivity index (χ1) is 4.73. The fourth-order valence-corrected chi connectivity index (χ4v) is 0.385. The number of carbonyl (C=O) groups is 1. The van der Waals surface area contributed by atoms with Crippen molar-refractivity contribution >= 4 is 6.16 Å². The van der Waals surface area contributed by atoms with E-state index in [9.17, 15) is 0 Å². The van der Waals surface area contributed by atoms with Gasteiger partial charge in [-0.25, -0.2) is 0 Å². The summed E-state index contributed by atoms with van der Waals surface area (Å²) in [7, 11) is 0. The Morgan fingerprint density at radius 1 is 0.750 bits per heavy atom. The molecule has 0 aliphatic carbocycles. The van der Waals surface area contributed by atoms with Gasteiger partial charge in [-0.2, -0.15) is 0 Å². The summed E-state index contributed by atoms with van der Waals surface area (Å²) in [5.41, 5.74) is 0. The Labute approximate surface area is 70.8 Å². The molecule has 0 saturated carbocycles. The van der Waals surface area contributed by atoms with Crippen LogP contribution in [0, 0.1) is 0 Å². The SMILES string of the molecule is O=C([O-])[O-].[NH4+].[NH4+].c1ccccc1. The first kappa shape index (κ1) is 16.8. The molecule has 0 amide bonds. The van der Waals surface area contributed by atoms with Crippen LogP contribution in [0.4, 0.5) is 4.79 Å². The van der Waals surface area contributed by atoms with Crippen LogP contribution in [0.25, 0.3) is 0 Å². The molecule has 0 aromatic heterocycles. The Hall–Kier alpha value is -1.59. The lowest BCUT2D eigenvalue weighted by molar-refractivity contribution is -0.415. The Balaban J connectivity index is -0.000000124. The summed E-state index contributed by atoms with van der Waals surface area (Å²) in [6.07, 6.45) is -2.33. The van der Waals surface area contributed by atoms with E-state index in [1.54, 1.807) is 0 Å². The van der Waals surface area contributed by atoms with Crippen LogP contribution in [0.3, 0.4) is 0 Å². The van der Waals surface area contributed by atoms with Crippen LogP contribution in [0.1, 0.15) is 0 Å². The van der Waals surface area contributed by atoms with Crippen molar-refractivity contribution in [3.05, 3.63) is 36.4 Å². The zero-order chi connectivity index (χ0) is 7.82. The molecule has 0 heterocycles. The maximum Gasteiger partial charge on any atom is -0.0431 e. The molecule has 5 heteroatoms. The number of carboxylic acid groups (broad SMARTS) is 2. The first-order valence-corrected chi connectivity index (χ1v) is 2.61. The monoisotopic (exact) mass is 174 g/mol. The second-order valence-corrected chi connectivity index (χ2v) is 1.40. The Morgan fingerprint density at radius 2 is 0.833 bits per heavy atom. The fourth-order valence-electron chi connectivity index (χ4n) is 0.385. The maximum absolute atomic E-state index is 8.33. The van der Waals surface area contributed by atoms with Gasteiger partial charge in [-0.05, 0) is 6.16 Å². The van der Waals surface area contributed by atoms with Gasteiger partial charge in [-0.15, -0.1) is 0 Å². The van der Waals surface area contributed by atoms with Gasteiger partial charge in [-0.3, -0.25) is 0 Å². The predicted octanol–water partition coefficient (Wildman–Crippen LogP) is -0.00800. The summed E-state index contributed by atoms with van der Waals surface area (Å²) in [6, 6.07) is 12.0. The number of quaternary nitrogens is 2. The number of carbonyl (C=O) groups excluding carboxylic acids is 1. The largest absolute Gasteiger partial charge is 0.652 e. The lowest BCUT2D eigenvalue weighted by Crippen LogP contribution is -2.37. The lowest BCUT2D eigenvalue weighted by atomic mass is 10.4. The molecule has 5 nitrogen and oxygen atoms in total. The van der Waals surface area contributed by atoms with E-state index in [-0.39, 0.29) is 12.3 Å². The minimum absolute atomic E-state index is 0. The molecule has 0 saturated heterocycles. The zero-order valence-electron chi connectivity index (χ0n) is 7.19. The van der Waals surface area contributed by atoms with Crippen LogP contribution in [-0.4, -0.2) is 6.16 Å². The standard InChI is InChI=1S/C6H6.CH2O3.2H3N/c1-2-4-6-5-3-1;2-1(3)4;;/h1-6H;(H2,2,3,4);2*1H3. The molecule has 0 aliphatic rings. The first-order valence-electron chi connectivity index (χ1n) is 2.61. The molecule has 0 fully saturated rings. The Bertz CT molecular complexity index is 149. The topological polar surface area (TPSA) is 136 Å². The van der Waals surface area contributed by atoms with Gasteiger partial charge in [0.15, 0.2) is 0 Å². The average molecular weight is 174 g/mol. The highest BCUT2D eigenvalue weighted by molar-refractivity contribution is 5.47. The van der Waals surface area contributed by atoms with Crippen molar-refractivity contribution < 1.29 is 15.0 Å². The van der Waals surface area contributed by atoms with E-state index in [1.165, 1.54) is 0 Å². The molecule has 1 rings (SSSR count). The van der Waals surface area contributed by atoms with Gasteiger partial charge >= 0.3 is 0 Å². The highest BCUT2D eigenvalue weighted by Gasteiger charge is 1.57. The van der Waals surface area contributed by atoms with Gasteiger partial charge in [-0.1, -0.05) is 36.4 Å². The summed E-state index contributed by atoms with van der Waals surface area (Å²) in [6.45, 7) is 0. The van der Waals surface area contributed by atoms with Crippen LogP contribution in [0.2, 0.25) is 0 Å². The van der Waals surface area contributed by atoms with Gasteiger partial charge in [0.25, 0.3) is 0 Å². The zero-order valence-corrected chi connectivity index (χ0v) is 7.19. The molecule has 0 bridgehead atoms. The number of rotatable bonds is 0. The number of hydrogen-bond donors (Lipinski definition) is 2. The molecule has 1 aromatic carbocycles. The Kier molecular flexibility index (Phi) is 17.0. The minimum atomic E-state index is -2.33. The molecule has 70 valence electrons. The average Bonchev–Trinajstić information content (AvgIpc) is 1.90. The minimum Gasteiger partial charge on any atom is -0.652 e. The van der Waals surface area contributed by atoms with Gasteiger partial charge in [0.2, 0.25) is 0 Å². The van der Waals surface area contributed by atoms with Gasteiger partial charge in [0, 0.05) is 0 Å². The van der Waals surface area contributed by atoms with Crippen molar-refractivity contribution in [2.75, 3.05) is 0 Å². The van der Waals surface area contributed by atoms with Gasteiger partial charge < -0.3 is 27.3 Å². The third-order valence-electron chi connectivity index (χ3n) is 0.667. The van der Waals surface area contributed by atoms with Crippen LogP contribution in [0.5, 0.6) is 0 Å². The van der Waals surface area contributed by atoms with E-state index in [2.05, 4.69) is 0 Å². The van der Waals surface area contributed by atoms with Crippen molar-refractivity contribution in [2.24, 2.45) is 0 Å². The molecular weight excluding hydrogens is 160 g/mol. The van der Waals surface area contributed by atoms with Crippen LogP contribution in [0.15, 0.2) is 36.4 Å². The third-order valence-corrected chi connectivity index (χ3v) is 0.667. The van der Waals surface area contributed by atoms with Crippen molar-refractivity contribution in [3.63, 3.8) is 0 Å². The second-order valence-electron chi connectivity index (χ2n) is 1.40. The smallest absolute Gasteiger partial charge is 0.0431 e. The van der Waals surface area contributed by atoms with E-state index < -0.39 is 6.16 Å².